The van der Waals surface area contributed by atoms with Gasteiger partial charge >= 0.3 is 5.97 Å². The fourth-order valence-electron chi connectivity index (χ4n) is 1.85. The van der Waals surface area contributed by atoms with E-state index in [1.165, 1.54) is 0 Å². The summed E-state index contributed by atoms with van der Waals surface area (Å²) in [4.78, 5) is 14.8. The second-order valence-corrected chi connectivity index (χ2v) is 4.27. The van der Waals surface area contributed by atoms with Gasteiger partial charge in [-0.25, -0.2) is 4.98 Å². The molecule has 1 aliphatic carbocycles. The standard InChI is InChI=1S/C12H16N2O3/c1-17-11-6-9(4-5-13-11)14-10(7-12(15)16)8-2-3-8/h4-6,8,10H,2-3,7H2,1H3,(H,13,14)(H,15,16). The van der Waals surface area contributed by atoms with Gasteiger partial charge < -0.3 is 15.2 Å². The van der Waals surface area contributed by atoms with E-state index in [1.807, 2.05) is 6.07 Å². The maximum Gasteiger partial charge on any atom is 0.305 e. The number of hydrogen-bond acceptors (Lipinski definition) is 4. The van der Waals surface area contributed by atoms with Crippen molar-refractivity contribution in [2.24, 2.45) is 5.92 Å². The molecule has 1 aromatic heterocycles. The van der Waals surface area contributed by atoms with Crippen LogP contribution in [0.2, 0.25) is 0 Å². The molecule has 17 heavy (non-hydrogen) atoms. The Kier molecular flexibility index (Phi) is 3.46. The van der Waals surface area contributed by atoms with E-state index < -0.39 is 5.97 Å². The van der Waals surface area contributed by atoms with Gasteiger partial charge in [-0.05, 0) is 24.8 Å². The van der Waals surface area contributed by atoms with E-state index in [0.717, 1.165) is 18.5 Å². The lowest BCUT2D eigenvalue weighted by Crippen LogP contribution is -2.25. The molecule has 0 spiro atoms. The van der Waals surface area contributed by atoms with Gasteiger partial charge in [0, 0.05) is 24.0 Å². The highest BCUT2D eigenvalue weighted by Crippen LogP contribution is 2.35. The summed E-state index contributed by atoms with van der Waals surface area (Å²) in [6.45, 7) is 0. The Balaban J connectivity index is 2.03. The lowest BCUT2D eigenvalue weighted by atomic mass is 10.1. The van der Waals surface area contributed by atoms with Gasteiger partial charge in [0.25, 0.3) is 0 Å². The quantitative estimate of drug-likeness (QED) is 0.787. The first-order valence-corrected chi connectivity index (χ1v) is 5.67. The SMILES string of the molecule is COc1cc(NC(CC(=O)O)C2CC2)ccn1. The minimum absolute atomic E-state index is 0.000365. The third kappa shape index (κ3) is 3.34. The summed E-state index contributed by atoms with van der Waals surface area (Å²) in [7, 11) is 1.56. The number of rotatable bonds is 6. The van der Waals surface area contributed by atoms with Crippen molar-refractivity contribution < 1.29 is 14.6 Å². The molecule has 5 heteroatoms. The zero-order chi connectivity index (χ0) is 12.3. The van der Waals surface area contributed by atoms with Crippen molar-refractivity contribution in [3.8, 4) is 5.88 Å². The number of aliphatic carboxylic acids is 1. The Labute approximate surface area is 99.8 Å². The van der Waals surface area contributed by atoms with Crippen LogP contribution in [0.15, 0.2) is 18.3 Å². The summed E-state index contributed by atoms with van der Waals surface area (Å²) >= 11 is 0. The van der Waals surface area contributed by atoms with Gasteiger partial charge in [-0.15, -0.1) is 0 Å². The number of carboxylic acids is 1. The molecule has 1 aliphatic rings. The first-order valence-electron chi connectivity index (χ1n) is 5.67. The zero-order valence-electron chi connectivity index (χ0n) is 9.72. The molecule has 1 atom stereocenters. The van der Waals surface area contributed by atoms with E-state index in [-0.39, 0.29) is 12.5 Å². The molecule has 1 heterocycles. The van der Waals surface area contributed by atoms with E-state index in [2.05, 4.69) is 10.3 Å². The molecule has 0 aliphatic heterocycles. The topological polar surface area (TPSA) is 71.5 Å². The Morgan fingerprint density at radius 1 is 1.71 bits per heavy atom. The van der Waals surface area contributed by atoms with Crippen LogP contribution >= 0.6 is 0 Å². The van der Waals surface area contributed by atoms with Crippen molar-refractivity contribution >= 4 is 11.7 Å². The summed E-state index contributed by atoms with van der Waals surface area (Å²) in [5, 5.41) is 12.1. The van der Waals surface area contributed by atoms with Crippen molar-refractivity contribution in [2.45, 2.75) is 25.3 Å². The van der Waals surface area contributed by atoms with Gasteiger partial charge in [-0.1, -0.05) is 0 Å². The number of nitrogens with one attached hydrogen (secondary N) is 1. The molecule has 0 amide bonds. The summed E-state index contributed by atoms with van der Waals surface area (Å²) in [5.41, 5.74) is 0.856. The van der Waals surface area contributed by atoms with Crippen molar-refractivity contribution in [3.05, 3.63) is 18.3 Å². The molecule has 0 bridgehead atoms. The number of carbonyl (C=O) groups is 1. The Morgan fingerprint density at radius 2 is 2.47 bits per heavy atom. The van der Waals surface area contributed by atoms with Crippen molar-refractivity contribution in [2.75, 3.05) is 12.4 Å². The summed E-state index contributed by atoms with van der Waals surface area (Å²) in [5.74, 6) is 0.237. The highest BCUT2D eigenvalue weighted by Gasteiger charge is 2.32. The highest BCUT2D eigenvalue weighted by atomic mass is 16.5. The van der Waals surface area contributed by atoms with Crippen LogP contribution in [0.25, 0.3) is 0 Å². The maximum absolute atomic E-state index is 10.8. The number of methoxy groups -OCH3 is 1. The van der Waals surface area contributed by atoms with Crippen LogP contribution < -0.4 is 10.1 Å². The third-order valence-corrected chi connectivity index (χ3v) is 2.88. The smallest absolute Gasteiger partial charge is 0.305 e. The van der Waals surface area contributed by atoms with E-state index >= 15 is 0 Å². The van der Waals surface area contributed by atoms with Crippen molar-refractivity contribution in [3.63, 3.8) is 0 Å². The molecule has 1 fully saturated rings. The van der Waals surface area contributed by atoms with Crippen LogP contribution in [-0.2, 0) is 4.79 Å². The highest BCUT2D eigenvalue weighted by molar-refractivity contribution is 5.68. The Morgan fingerprint density at radius 3 is 3.06 bits per heavy atom. The maximum atomic E-state index is 10.8. The van der Waals surface area contributed by atoms with Crippen LogP contribution in [0.5, 0.6) is 5.88 Å². The molecule has 2 N–H and O–H groups in total. The van der Waals surface area contributed by atoms with Crippen LogP contribution in [0.4, 0.5) is 5.69 Å². The predicted octanol–water partition coefficient (Wildman–Crippen LogP) is 1.76. The largest absolute Gasteiger partial charge is 0.481 e. The second kappa shape index (κ2) is 5.03. The van der Waals surface area contributed by atoms with E-state index in [1.54, 1.807) is 19.4 Å². The predicted molar refractivity (Wildman–Crippen MR) is 63.2 cm³/mol. The minimum atomic E-state index is -0.768. The molecule has 1 unspecified atom stereocenters. The monoisotopic (exact) mass is 236 g/mol. The molecule has 1 aromatic rings. The molecule has 1 saturated carbocycles. The molecule has 0 radical (unpaired) electrons. The number of anilines is 1. The second-order valence-electron chi connectivity index (χ2n) is 4.27. The van der Waals surface area contributed by atoms with Gasteiger partial charge in [0.05, 0.1) is 13.5 Å². The van der Waals surface area contributed by atoms with Crippen LogP contribution in [0.1, 0.15) is 19.3 Å². The third-order valence-electron chi connectivity index (χ3n) is 2.88. The van der Waals surface area contributed by atoms with Gasteiger partial charge in [-0.3, -0.25) is 4.79 Å². The molecule has 0 saturated heterocycles. The number of ether oxygens (including phenoxy) is 1. The minimum Gasteiger partial charge on any atom is -0.481 e. The van der Waals surface area contributed by atoms with Gasteiger partial charge in [0.15, 0.2) is 0 Å². The summed E-state index contributed by atoms with van der Waals surface area (Å²) in [6, 6.07) is 3.59. The van der Waals surface area contributed by atoms with Crippen molar-refractivity contribution in [1.82, 2.24) is 4.98 Å². The van der Waals surface area contributed by atoms with Crippen LogP contribution in [-0.4, -0.2) is 29.2 Å². The first-order chi connectivity index (χ1) is 8.19. The summed E-state index contributed by atoms with van der Waals surface area (Å²) in [6.07, 6.45) is 4.00. The summed E-state index contributed by atoms with van der Waals surface area (Å²) < 4.78 is 5.03. The van der Waals surface area contributed by atoms with Gasteiger partial charge in [0.1, 0.15) is 0 Å². The fraction of sp³-hybridized carbons (Fsp3) is 0.500. The number of aromatic nitrogens is 1. The number of pyridine rings is 1. The van der Waals surface area contributed by atoms with E-state index in [9.17, 15) is 4.79 Å². The molecular formula is C12H16N2O3. The number of nitrogens with zero attached hydrogens (tertiary/aromatic N) is 1. The average Bonchev–Trinajstić information content (AvgIpc) is 3.12. The van der Waals surface area contributed by atoms with Gasteiger partial charge in [0.2, 0.25) is 5.88 Å². The average molecular weight is 236 g/mol. The molecule has 5 nitrogen and oxygen atoms in total. The first kappa shape index (κ1) is 11.7. The Bertz CT molecular complexity index is 404. The molecule has 2 rings (SSSR count). The van der Waals surface area contributed by atoms with Crippen LogP contribution in [0.3, 0.4) is 0 Å². The van der Waals surface area contributed by atoms with E-state index in [0.29, 0.717) is 11.8 Å². The molecular weight excluding hydrogens is 220 g/mol. The van der Waals surface area contributed by atoms with E-state index in [4.69, 9.17) is 9.84 Å². The zero-order valence-corrected chi connectivity index (χ0v) is 9.72. The fourth-order valence-corrected chi connectivity index (χ4v) is 1.85. The van der Waals surface area contributed by atoms with Crippen molar-refractivity contribution in [1.29, 1.82) is 0 Å². The Hall–Kier alpha value is -1.78. The van der Waals surface area contributed by atoms with Gasteiger partial charge in [-0.2, -0.15) is 0 Å². The number of carboxylic acid groups (broad SMARTS) is 1. The lowest BCUT2D eigenvalue weighted by Gasteiger charge is -2.17. The molecule has 0 aromatic carbocycles. The lowest BCUT2D eigenvalue weighted by molar-refractivity contribution is -0.137. The molecule has 92 valence electrons. The van der Waals surface area contributed by atoms with Crippen LogP contribution in [0, 0.1) is 5.92 Å². The number of hydrogen-bond donors (Lipinski definition) is 2. The normalized spacial score (nSPS) is 16.3.